The first kappa shape index (κ1) is 18.8. The summed E-state index contributed by atoms with van der Waals surface area (Å²) in [4.78, 5) is 14.6. The molecule has 1 fully saturated rings. The van der Waals surface area contributed by atoms with Crippen LogP contribution in [0.25, 0.3) is 0 Å². The number of hydrogen-bond acceptors (Lipinski definition) is 3. The van der Waals surface area contributed by atoms with E-state index in [1.165, 1.54) is 4.31 Å². The Bertz CT molecular complexity index is 707. The van der Waals surface area contributed by atoms with Gasteiger partial charge in [-0.25, -0.2) is 8.42 Å². The van der Waals surface area contributed by atoms with Gasteiger partial charge in [0, 0.05) is 13.1 Å². The van der Waals surface area contributed by atoms with Gasteiger partial charge in [-0.15, -0.1) is 0 Å². The summed E-state index contributed by atoms with van der Waals surface area (Å²) in [5, 5.41) is 0. The molecule has 1 atom stereocenters. The maximum Gasteiger partial charge on any atom is 0.246 e. The van der Waals surface area contributed by atoms with Crippen molar-refractivity contribution in [2.75, 3.05) is 23.7 Å². The highest BCUT2D eigenvalue weighted by Gasteiger charge is 2.33. The number of aryl methyl sites for hydroxylation is 2. The lowest BCUT2D eigenvalue weighted by Crippen LogP contribution is -2.51. The van der Waals surface area contributed by atoms with E-state index in [2.05, 4.69) is 6.92 Å². The molecule has 1 heterocycles. The summed E-state index contributed by atoms with van der Waals surface area (Å²) in [5.41, 5.74) is 2.65. The zero-order valence-electron chi connectivity index (χ0n) is 15.2. The number of nitrogens with zero attached hydrogens (tertiary/aromatic N) is 2. The fraction of sp³-hybridized carbons (Fsp3) is 0.611. The van der Waals surface area contributed by atoms with E-state index in [0.717, 1.165) is 30.2 Å². The van der Waals surface area contributed by atoms with Gasteiger partial charge in [-0.1, -0.05) is 13.0 Å². The number of sulfonamides is 1. The average Bonchev–Trinajstić information content (AvgIpc) is 2.49. The summed E-state index contributed by atoms with van der Waals surface area (Å²) >= 11 is 0. The molecular formula is C18H28N2O3S. The molecule has 0 aliphatic carbocycles. The Balaban J connectivity index is 2.30. The lowest BCUT2D eigenvalue weighted by atomic mass is 9.99. The Kier molecular flexibility index (Phi) is 5.58. The van der Waals surface area contributed by atoms with Gasteiger partial charge in [-0.05, 0) is 62.8 Å². The van der Waals surface area contributed by atoms with Crippen molar-refractivity contribution in [3.63, 3.8) is 0 Å². The molecule has 6 heteroatoms. The van der Waals surface area contributed by atoms with E-state index >= 15 is 0 Å². The van der Waals surface area contributed by atoms with E-state index in [0.29, 0.717) is 24.7 Å². The van der Waals surface area contributed by atoms with Gasteiger partial charge in [-0.3, -0.25) is 9.10 Å². The summed E-state index contributed by atoms with van der Waals surface area (Å²) in [5.74, 6) is 0.501. The van der Waals surface area contributed by atoms with E-state index in [4.69, 9.17) is 0 Å². The zero-order chi connectivity index (χ0) is 18.1. The van der Waals surface area contributed by atoms with Gasteiger partial charge in [0.05, 0.1) is 11.9 Å². The zero-order valence-corrected chi connectivity index (χ0v) is 16.1. The van der Waals surface area contributed by atoms with Crippen LogP contribution in [0.2, 0.25) is 0 Å². The van der Waals surface area contributed by atoms with E-state index in [1.54, 1.807) is 17.9 Å². The van der Waals surface area contributed by atoms with E-state index in [9.17, 15) is 13.2 Å². The number of likely N-dealkylation sites (tertiary alicyclic amines) is 1. The highest BCUT2D eigenvalue weighted by Crippen LogP contribution is 2.25. The maximum absolute atomic E-state index is 12.8. The smallest absolute Gasteiger partial charge is 0.246 e. The van der Waals surface area contributed by atoms with Crippen molar-refractivity contribution in [3.05, 3.63) is 29.3 Å². The summed E-state index contributed by atoms with van der Waals surface area (Å²) in [6.45, 7) is 9.19. The number of carbonyl (C=O) groups excluding carboxylic acids is 1. The van der Waals surface area contributed by atoms with Crippen molar-refractivity contribution in [3.8, 4) is 0 Å². The van der Waals surface area contributed by atoms with Crippen LogP contribution in [0.3, 0.4) is 0 Å². The van der Waals surface area contributed by atoms with E-state index < -0.39 is 16.1 Å². The second-order valence-corrected chi connectivity index (χ2v) is 8.87. The van der Waals surface area contributed by atoms with Crippen molar-refractivity contribution in [2.45, 2.75) is 46.6 Å². The fourth-order valence-electron chi connectivity index (χ4n) is 3.16. The quantitative estimate of drug-likeness (QED) is 0.837. The molecule has 24 heavy (non-hydrogen) atoms. The summed E-state index contributed by atoms with van der Waals surface area (Å²) in [6.07, 6.45) is 3.10. The van der Waals surface area contributed by atoms with Gasteiger partial charge in [0.25, 0.3) is 0 Å². The van der Waals surface area contributed by atoms with E-state index in [-0.39, 0.29) is 5.91 Å². The maximum atomic E-state index is 12.8. The Labute approximate surface area is 145 Å². The molecular weight excluding hydrogens is 324 g/mol. The third-order valence-electron chi connectivity index (χ3n) is 4.91. The van der Waals surface area contributed by atoms with Crippen LogP contribution >= 0.6 is 0 Å². The lowest BCUT2D eigenvalue weighted by molar-refractivity contribution is -0.133. The van der Waals surface area contributed by atoms with Gasteiger partial charge < -0.3 is 4.90 Å². The van der Waals surface area contributed by atoms with Crippen LogP contribution in [-0.4, -0.2) is 44.6 Å². The van der Waals surface area contributed by atoms with Crippen molar-refractivity contribution in [2.24, 2.45) is 5.92 Å². The van der Waals surface area contributed by atoms with Gasteiger partial charge >= 0.3 is 0 Å². The van der Waals surface area contributed by atoms with Crippen molar-refractivity contribution < 1.29 is 13.2 Å². The van der Waals surface area contributed by atoms with Crippen LogP contribution < -0.4 is 4.31 Å². The monoisotopic (exact) mass is 352 g/mol. The molecule has 5 nitrogen and oxygen atoms in total. The number of hydrogen-bond donors (Lipinski definition) is 0. The summed E-state index contributed by atoms with van der Waals surface area (Å²) in [7, 11) is -3.56. The number of piperidine rings is 1. The molecule has 1 amide bonds. The van der Waals surface area contributed by atoms with Crippen molar-refractivity contribution >= 4 is 21.6 Å². The second-order valence-electron chi connectivity index (χ2n) is 7.01. The Hall–Kier alpha value is -1.56. The number of benzene rings is 1. The molecule has 1 saturated heterocycles. The van der Waals surface area contributed by atoms with E-state index in [1.807, 2.05) is 26.0 Å². The molecule has 1 aliphatic rings. The minimum absolute atomic E-state index is 0.120. The van der Waals surface area contributed by atoms with Crippen LogP contribution in [0.5, 0.6) is 0 Å². The number of anilines is 1. The SMILES string of the molecule is Cc1ccc(N([C@@H](C)C(=O)N2CCC(C)CC2)S(C)(=O)=O)cc1C. The molecule has 1 aromatic carbocycles. The largest absolute Gasteiger partial charge is 0.341 e. The molecule has 1 aliphatic heterocycles. The fourth-order valence-corrected chi connectivity index (χ4v) is 4.32. The molecule has 134 valence electrons. The minimum Gasteiger partial charge on any atom is -0.341 e. The topological polar surface area (TPSA) is 57.7 Å². The molecule has 0 unspecified atom stereocenters. The molecule has 0 spiro atoms. The third kappa shape index (κ3) is 4.09. The molecule has 0 N–H and O–H groups in total. The summed E-state index contributed by atoms with van der Waals surface area (Å²) in [6, 6.07) is 4.75. The normalized spacial score (nSPS) is 17.6. The number of carbonyl (C=O) groups is 1. The van der Waals surface area contributed by atoms with Crippen molar-refractivity contribution in [1.29, 1.82) is 0 Å². The highest BCUT2D eigenvalue weighted by molar-refractivity contribution is 7.92. The predicted molar refractivity (Wildman–Crippen MR) is 97.7 cm³/mol. The first-order valence-electron chi connectivity index (χ1n) is 8.46. The number of amides is 1. The Morgan fingerprint density at radius 3 is 2.29 bits per heavy atom. The molecule has 1 aromatic rings. The second kappa shape index (κ2) is 7.13. The van der Waals surface area contributed by atoms with Crippen LogP contribution in [0.4, 0.5) is 5.69 Å². The first-order valence-corrected chi connectivity index (χ1v) is 10.3. The van der Waals surface area contributed by atoms with Gasteiger partial charge in [0.2, 0.25) is 15.9 Å². The lowest BCUT2D eigenvalue weighted by Gasteiger charge is -2.36. The molecule has 0 aromatic heterocycles. The van der Waals surface area contributed by atoms with Gasteiger partial charge in [0.1, 0.15) is 6.04 Å². The first-order chi connectivity index (χ1) is 11.1. The molecule has 0 saturated carbocycles. The number of rotatable bonds is 4. The van der Waals surface area contributed by atoms with Gasteiger partial charge in [-0.2, -0.15) is 0 Å². The standard InChI is InChI=1S/C18H28N2O3S/c1-13-8-10-19(11-9-13)18(21)16(4)20(24(5,22)23)17-7-6-14(2)15(3)12-17/h6-7,12-13,16H,8-11H2,1-5H3/t16-/m0/s1. The van der Waals surface area contributed by atoms with Crippen molar-refractivity contribution in [1.82, 2.24) is 4.90 Å². The third-order valence-corrected chi connectivity index (χ3v) is 6.15. The highest BCUT2D eigenvalue weighted by atomic mass is 32.2. The molecule has 0 bridgehead atoms. The van der Waals surface area contributed by atoms with Crippen LogP contribution in [0.1, 0.15) is 37.8 Å². The van der Waals surface area contributed by atoms with Crippen LogP contribution in [-0.2, 0) is 14.8 Å². The minimum atomic E-state index is -3.56. The Morgan fingerprint density at radius 2 is 1.79 bits per heavy atom. The summed E-state index contributed by atoms with van der Waals surface area (Å²) < 4.78 is 26.0. The molecule has 0 radical (unpaired) electrons. The Morgan fingerprint density at radius 1 is 1.21 bits per heavy atom. The van der Waals surface area contributed by atoms with Gasteiger partial charge in [0.15, 0.2) is 0 Å². The predicted octanol–water partition coefficient (Wildman–Crippen LogP) is 2.72. The molecule has 2 rings (SSSR count). The average molecular weight is 353 g/mol. The van der Waals surface area contributed by atoms with Crippen LogP contribution in [0.15, 0.2) is 18.2 Å². The van der Waals surface area contributed by atoms with Crippen LogP contribution in [0, 0.1) is 19.8 Å².